The minimum atomic E-state index is -3.68. The van der Waals surface area contributed by atoms with E-state index in [-0.39, 0.29) is 15.5 Å². The Kier molecular flexibility index (Phi) is 5.85. The maximum atomic E-state index is 12.7. The number of nitrogens with one attached hydrogen (secondary N) is 1. The smallest absolute Gasteiger partial charge is 0.259 e. The summed E-state index contributed by atoms with van der Waals surface area (Å²) in [5.74, 6) is -0.519. The molecule has 1 N–H and O–H groups in total. The maximum absolute atomic E-state index is 12.7. The van der Waals surface area contributed by atoms with Gasteiger partial charge in [0.25, 0.3) is 5.91 Å². The molecular weight excluding hydrogens is 418 g/mol. The number of anilines is 1. The largest absolute Gasteiger partial charge is 0.298 e. The third-order valence-electron chi connectivity index (χ3n) is 4.03. The normalized spacial score (nSPS) is 11.6. The summed E-state index contributed by atoms with van der Waals surface area (Å²) < 4.78 is 25.7. The summed E-state index contributed by atoms with van der Waals surface area (Å²) in [6.45, 7) is 1.92. The first-order valence-corrected chi connectivity index (χ1v) is 10.9. The van der Waals surface area contributed by atoms with E-state index < -0.39 is 15.9 Å². The number of sulfonamides is 1. The van der Waals surface area contributed by atoms with Gasteiger partial charge in [-0.2, -0.15) is 0 Å². The van der Waals surface area contributed by atoms with Gasteiger partial charge < -0.3 is 0 Å². The van der Waals surface area contributed by atoms with Gasteiger partial charge in [0, 0.05) is 24.5 Å². The highest BCUT2D eigenvalue weighted by atomic mass is 35.5. The topological polar surface area (TPSA) is 79.4 Å². The van der Waals surface area contributed by atoms with E-state index in [0.717, 1.165) is 20.4 Å². The minimum Gasteiger partial charge on any atom is -0.298 e. The van der Waals surface area contributed by atoms with Crippen LogP contribution in [0.1, 0.15) is 15.2 Å². The predicted molar refractivity (Wildman–Crippen MR) is 113 cm³/mol. The fourth-order valence-electron chi connectivity index (χ4n) is 2.53. The maximum Gasteiger partial charge on any atom is 0.259 e. The Labute approximate surface area is 172 Å². The molecule has 3 rings (SSSR count). The zero-order valence-corrected chi connectivity index (χ0v) is 17.8. The molecule has 3 aromatic rings. The van der Waals surface area contributed by atoms with Crippen molar-refractivity contribution < 1.29 is 13.2 Å². The third kappa shape index (κ3) is 4.10. The second kappa shape index (κ2) is 8.00. The number of halogens is 1. The van der Waals surface area contributed by atoms with E-state index in [9.17, 15) is 13.2 Å². The summed E-state index contributed by atoms with van der Waals surface area (Å²) in [4.78, 5) is 18.1. The SMILES string of the molecule is Cc1sc(NC(=O)c2cc(S(=O)(=O)N(C)C)ccc2Cl)nc1-c1ccccc1. The van der Waals surface area contributed by atoms with Gasteiger partial charge in [-0.15, -0.1) is 11.3 Å². The van der Waals surface area contributed by atoms with Crippen molar-refractivity contribution >= 4 is 44.0 Å². The van der Waals surface area contributed by atoms with Crippen LogP contribution in [-0.4, -0.2) is 37.7 Å². The van der Waals surface area contributed by atoms with Crippen LogP contribution in [-0.2, 0) is 10.0 Å². The molecule has 1 amide bonds. The van der Waals surface area contributed by atoms with Crippen molar-refractivity contribution in [2.45, 2.75) is 11.8 Å². The van der Waals surface area contributed by atoms with Crippen molar-refractivity contribution in [1.82, 2.24) is 9.29 Å². The van der Waals surface area contributed by atoms with E-state index in [1.54, 1.807) is 0 Å². The van der Waals surface area contributed by atoms with Crippen molar-refractivity contribution in [2.75, 3.05) is 19.4 Å². The third-order valence-corrected chi connectivity index (χ3v) is 7.05. The number of carbonyl (C=O) groups excluding carboxylic acids is 1. The first kappa shape index (κ1) is 20.5. The summed E-state index contributed by atoms with van der Waals surface area (Å²) in [7, 11) is -0.832. The van der Waals surface area contributed by atoms with Crippen LogP contribution in [0.25, 0.3) is 11.3 Å². The first-order valence-electron chi connectivity index (χ1n) is 8.26. The van der Waals surface area contributed by atoms with Crippen LogP contribution < -0.4 is 5.32 Å². The zero-order chi connectivity index (χ0) is 20.5. The molecule has 0 aliphatic rings. The number of aromatic nitrogens is 1. The molecule has 1 aromatic heterocycles. The van der Waals surface area contributed by atoms with Gasteiger partial charge in [0.15, 0.2) is 5.13 Å². The number of thiazole rings is 1. The molecule has 28 heavy (non-hydrogen) atoms. The van der Waals surface area contributed by atoms with Crippen molar-refractivity contribution in [3.63, 3.8) is 0 Å². The molecule has 146 valence electrons. The van der Waals surface area contributed by atoms with E-state index in [4.69, 9.17) is 11.6 Å². The van der Waals surface area contributed by atoms with E-state index in [1.807, 2.05) is 37.3 Å². The number of hydrogen-bond donors (Lipinski definition) is 1. The van der Waals surface area contributed by atoms with Crippen molar-refractivity contribution in [3.05, 3.63) is 64.0 Å². The molecule has 0 fully saturated rings. The van der Waals surface area contributed by atoms with Crippen molar-refractivity contribution in [1.29, 1.82) is 0 Å². The van der Waals surface area contributed by atoms with E-state index in [1.165, 1.54) is 43.6 Å². The number of nitrogens with zero attached hydrogens (tertiary/aromatic N) is 2. The van der Waals surface area contributed by atoms with E-state index in [2.05, 4.69) is 10.3 Å². The first-order chi connectivity index (χ1) is 13.2. The van der Waals surface area contributed by atoms with Crippen LogP contribution in [0.15, 0.2) is 53.4 Å². The Morgan fingerprint density at radius 2 is 1.82 bits per heavy atom. The Balaban J connectivity index is 1.90. The lowest BCUT2D eigenvalue weighted by Crippen LogP contribution is -2.23. The van der Waals surface area contributed by atoms with Crippen molar-refractivity contribution in [2.24, 2.45) is 0 Å². The van der Waals surface area contributed by atoms with Gasteiger partial charge in [-0.25, -0.2) is 17.7 Å². The van der Waals surface area contributed by atoms with Gasteiger partial charge in [-0.1, -0.05) is 41.9 Å². The van der Waals surface area contributed by atoms with Crippen LogP contribution in [0.5, 0.6) is 0 Å². The van der Waals surface area contributed by atoms with Gasteiger partial charge in [-0.3, -0.25) is 10.1 Å². The monoisotopic (exact) mass is 435 g/mol. The van der Waals surface area contributed by atoms with Gasteiger partial charge in [0.1, 0.15) is 0 Å². The van der Waals surface area contributed by atoms with E-state index >= 15 is 0 Å². The number of carbonyl (C=O) groups is 1. The Hall–Kier alpha value is -2.26. The van der Waals surface area contributed by atoms with Crippen molar-refractivity contribution in [3.8, 4) is 11.3 Å². The number of aryl methyl sites for hydroxylation is 1. The lowest BCUT2D eigenvalue weighted by Gasteiger charge is -2.13. The minimum absolute atomic E-state index is 0.00709. The molecule has 0 atom stereocenters. The molecule has 0 saturated carbocycles. The molecule has 6 nitrogen and oxygen atoms in total. The lowest BCUT2D eigenvalue weighted by molar-refractivity contribution is 0.102. The number of amides is 1. The zero-order valence-electron chi connectivity index (χ0n) is 15.4. The molecule has 1 heterocycles. The second-order valence-corrected chi connectivity index (χ2v) is 9.94. The number of rotatable bonds is 5. The summed E-state index contributed by atoms with van der Waals surface area (Å²) in [6, 6.07) is 13.7. The second-order valence-electron chi connectivity index (χ2n) is 6.17. The standard InChI is InChI=1S/C19H18ClN3O3S2/c1-12-17(13-7-5-4-6-8-13)21-19(27-12)22-18(24)15-11-14(9-10-16(15)20)28(25,26)23(2)3/h4-11H,1-3H3,(H,21,22,24). The summed E-state index contributed by atoms with van der Waals surface area (Å²) in [5, 5.41) is 3.29. The van der Waals surface area contributed by atoms with Gasteiger partial charge >= 0.3 is 0 Å². The molecule has 9 heteroatoms. The van der Waals surface area contributed by atoms with Crippen LogP contribution in [0.2, 0.25) is 5.02 Å². The lowest BCUT2D eigenvalue weighted by atomic mass is 10.1. The van der Waals surface area contributed by atoms with Gasteiger partial charge in [-0.05, 0) is 25.1 Å². The van der Waals surface area contributed by atoms with E-state index in [0.29, 0.717) is 5.13 Å². The number of benzene rings is 2. The average molecular weight is 436 g/mol. The van der Waals surface area contributed by atoms with Crippen LogP contribution in [0, 0.1) is 6.92 Å². The van der Waals surface area contributed by atoms with Crippen LogP contribution >= 0.6 is 22.9 Å². The highest BCUT2D eigenvalue weighted by Crippen LogP contribution is 2.31. The molecule has 2 aromatic carbocycles. The fraction of sp³-hybridized carbons (Fsp3) is 0.158. The molecule has 0 bridgehead atoms. The van der Waals surface area contributed by atoms with Crippen LogP contribution in [0.3, 0.4) is 0 Å². The summed E-state index contributed by atoms with van der Waals surface area (Å²) in [6.07, 6.45) is 0. The molecular formula is C19H18ClN3O3S2. The molecule has 0 unspecified atom stereocenters. The highest BCUT2D eigenvalue weighted by Gasteiger charge is 2.21. The predicted octanol–water partition coefficient (Wildman–Crippen LogP) is 4.27. The molecule has 0 aliphatic carbocycles. The highest BCUT2D eigenvalue weighted by molar-refractivity contribution is 7.89. The Morgan fingerprint density at radius 3 is 2.46 bits per heavy atom. The van der Waals surface area contributed by atoms with Gasteiger partial charge in [0.2, 0.25) is 10.0 Å². The van der Waals surface area contributed by atoms with Crippen LogP contribution in [0.4, 0.5) is 5.13 Å². The Morgan fingerprint density at radius 1 is 1.14 bits per heavy atom. The fourth-order valence-corrected chi connectivity index (χ4v) is 4.49. The van der Waals surface area contributed by atoms with Gasteiger partial charge in [0.05, 0.1) is 21.2 Å². The summed E-state index contributed by atoms with van der Waals surface area (Å²) >= 11 is 7.47. The summed E-state index contributed by atoms with van der Waals surface area (Å²) in [5.41, 5.74) is 1.81. The molecule has 0 spiro atoms. The molecule has 0 aliphatic heterocycles. The average Bonchev–Trinajstić information content (AvgIpc) is 3.02. The Bertz CT molecular complexity index is 1130. The number of hydrogen-bond acceptors (Lipinski definition) is 5. The molecule has 0 saturated heterocycles. The quantitative estimate of drug-likeness (QED) is 0.648. The molecule has 0 radical (unpaired) electrons.